The molecule has 150 valence electrons. The zero-order valence-electron chi connectivity index (χ0n) is 15.5. The van der Waals surface area contributed by atoms with Crippen molar-refractivity contribution in [2.24, 2.45) is 0 Å². The number of hydrogen-bond donors (Lipinski definition) is 2. The molecule has 0 aliphatic carbocycles. The number of benzene rings is 2. The van der Waals surface area contributed by atoms with Crippen molar-refractivity contribution in [2.75, 3.05) is 13.2 Å². The van der Waals surface area contributed by atoms with Crippen LogP contribution in [0, 0.1) is 0 Å². The minimum absolute atomic E-state index is 0.0148. The van der Waals surface area contributed by atoms with Crippen molar-refractivity contribution in [3.63, 3.8) is 0 Å². The maximum Gasteiger partial charge on any atom is 0.295 e. The van der Waals surface area contributed by atoms with Crippen molar-refractivity contribution < 1.29 is 24.5 Å². The summed E-state index contributed by atoms with van der Waals surface area (Å²) in [6.07, 6.45) is 1.56. The van der Waals surface area contributed by atoms with Crippen LogP contribution in [0.5, 0.6) is 5.75 Å². The van der Waals surface area contributed by atoms with E-state index in [0.29, 0.717) is 22.8 Å². The van der Waals surface area contributed by atoms with Gasteiger partial charge in [0.05, 0.1) is 17.7 Å². The lowest BCUT2D eigenvalue weighted by atomic mass is 9.95. The predicted octanol–water partition coefficient (Wildman–Crippen LogP) is 3.65. The molecule has 0 aromatic heterocycles. The molecular formula is C22H20ClNO5. The van der Waals surface area contributed by atoms with Gasteiger partial charge in [-0.2, -0.15) is 0 Å². The number of likely N-dealkylation sites (tertiary alicyclic amines) is 1. The molecule has 6 nitrogen and oxygen atoms in total. The molecule has 0 saturated carbocycles. The van der Waals surface area contributed by atoms with E-state index in [-0.39, 0.29) is 29.7 Å². The highest BCUT2D eigenvalue weighted by molar-refractivity contribution is 6.46. The Morgan fingerprint density at radius 3 is 2.41 bits per heavy atom. The van der Waals surface area contributed by atoms with Crippen LogP contribution in [0.15, 0.2) is 54.1 Å². The van der Waals surface area contributed by atoms with Crippen LogP contribution in [0.4, 0.5) is 0 Å². The van der Waals surface area contributed by atoms with E-state index in [9.17, 15) is 19.8 Å². The van der Waals surface area contributed by atoms with Crippen LogP contribution in [0.3, 0.4) is 0 Å². The Hall–Kier alpha value is -2.83. The maximum atomic E-state index is 12.9. The fourth-order valence-electron chi connectivity index (χ4n) is 3.84. The molecule has 4 rings (SSSR count). The highest BCUT2D eigenvalue weighted by Gasteiger charge is 2.47. The number of Topliss-reactive ketones (excluding diaryl/α,β-unsaturated/α-hetero) is 1. The third-order valence-electron chi connectivity index (χ3n) is 5.29. The first-order chi connectivity index (χ1) is 14.0. The third-order valence-corrected chi connectivity index (χ3v) is 5.54. The highest BCUT2D eigenvalue weighted by atomic mass is 35.5. The van der Waals surface area contributed by atoms with Crippen LogP contribution in [0.25, 0.3) is 5.76 Å². The van der Waals surface area contributed by atoms with E-state index in [4.69, 9.17) is 16.3 Å². The second kappa shape index (κ2) is 7.89. The molecule has 2 fully saturated rings. The van der Waals surface area contributed by atoms with E-state index >= 15 is 0 Å². The van der Waals surface area contributed by atoms with E-state index in [1.54, 1.807) is 36.4 Å². The molecule has 29 heavy (non-hydrogen) atoms. The number of hydrogen-bond acceptors (Lipinski definition) is 5. The molecule has 2 atom stereocenters. The van der Waals surface area contributed by atoms with Gasteiger partial charge in [0.15, 0.2) is 0 Å². The van der Waals surface area contributed by atoms with Crippen LogP contribution in [-0.2, 0) is 14.3 Å². The van der Waals surface area contributed by atoms with Crippen LogP contribution >= 0.6 is 11.6 Å². The Morgan fingerprint density at radius 1 is 1.10 bits per heavy atom. The lowest BCUT2D eigenvalue weighted by Crippen LogP contribution is -2.36. The molecule has 0 spiro atoms. The minimum atomic E-state index is -0.768. The summed E-state index contributed by atoms with van der Waals surface area (Å²) in [5.41, 5.74) is 1.03. The first-order valence-electron chi connectivity index (χ1n) is 9.40. The molecule has 2 aromatic carbocycles. The first-order valence-corrected chi connectivity index (χ1v) is 9.78. The topological polar surface area (TPSA) is 87.1 Å². The molecule has 0 bridgehead atoms. The second-order valence-electron chi connectivity index (χ2n) is 7.18. The average Bonchev–Trinajstić information content (AvgIpc) is 3.31. The SMILES string of the molecule is O=C1C(=O)N(C[C@H]2CCCO2)[C@@H](c2ccc(O)cc2)C1=C(O)c1ccc(Cl)cc1. The Balaban J connectivity index is 1.81. The van der Waals surface area contributed by atoms with Crippen LogP contribution < -0.4 is 0 Å². The number of amides is 1. The Bertz CT molecular complexity index is 962. The van der Waals surface area contributed by atoms with E-state index in [2.05, 4.69) is 0 Å². The predicted molar refractivity (Wildman–Crippen MR) is 108 cm³/mol. The smallest absolute Gasteiger partial charge is 0.295 e. The number of phenolic OH excluding ortho intramolecular Hbond substituents is 1. The number of carbonyl (C=O) groups is 2. The largest absolute Gasteiger partial charge is 0.508 e. The van der Waals surface area contributed by atoms with Gasteiger partial charge in [-0.05, 0) is 54.8 Å². The summed E-state index contributed by atoms with van der Waals surface area (Å²) in [7, 11) is 0. The first kappa shape index (κ1) is 19.5. The Morgan fingerprint density at radius 2 is 1.79 bits per heavy atom. The van der Waals surface area contributed by atoms with Crippen molar-refractivity contribution in [3.8, 4) is 5.75 Å². The second-order valence-corrected chi connectivity index (χ2v) is 7.62. The summed E-state index contributed by atoms with van der Waals surface area (Å²) < 4.78 is 5.66. The van der Waals surface area contributed by atoms with Gasteiger partial charge in [-0.25, -0.2) is 0 Å². The third kappa shape index (κ3) is 3.73. The number of aromatic hydroxyl groups is 1. The monoisotopic (exact) mass is 413 g/mol. The Labute approximate surface area is 173 Å². The number of aliphatic hydroxyl groups is 1. The number of aliphatic hydroxyl groups excluding tert-OH is 1. The summed E-state index contributed by atoms with van der Waals surface area (Å²) in [4.78, 5) is 27.2. The van der Waals surface area contributed by atoms with E-state index in [0.717, 1.165) is 12.8 Å². The van der Waals surface area contributed by atoms with E-state index < -0.39 is 17.7 Å². The quantitative estimate of drug-likeness (QED) is 0.454. The van der Waals surface area contributed by atoms with Crippen LogP contribution in [0.1, 0.15) is 30.0 Å². The number of nitrogens with zero attached hydrogens (tertiary/aromatic N) is 1. The fraction of sp³-hybridized carbons (Fsp3) is 0.273. The van der Waals surface area contributed by atoms with Crippen molar-refractivity contribution >= 4 is 29.1 Å². The van der Waals surface area contributed by atoms with Crippen molar-refractivity contribution in [2.45, 2.75) is 25.0 Å². The normalized spacial score (nSPS) is 23.7. The molecule has 2 aliphatic heterocycles. The van der Waals surface area contributed by atoms with E-state index in [1.165, 1.54) is 17.0 Å². The van der Waals surface area contributed by atoms with Gasteiger partial charge in [0.1, 0.15) is 11.5 Å². The molecule has 0 radical (unpaired) electrons. The van der Waals surface area contributed by atoms with Gasteiger partial charge >= 0.3 is 0 Å². The van der Waals surface area contributed by atoms with Gasteiger partial charge in [-0.3, -0.25) is 9.59 Å². The zero-order chi connectivity index (χ0) is 20.5. The average molecular weight is 414 g/mol. The van der Waals surface area contributed by atoms with Gasteiger partial charge in [0.25, 0.3) is 11.7 Å². The van der Waals surface area contributed by atoms with Gasteiger partial charge < -0.3 is 19.8 Å². The number of ether oxygens (including phenoxy) is 1. The maximum absolute atomic E-state index is 12.9. The number of ketones is 1. The lowest BCUT2D eigenvalue weighted by molar-refractivity contribution is -0.140. The van der Waals surface area contributed by atoms with Crippen LogP contribution in [-0.4, -0.2) is 46.1 Å². The molecular weight excluding hydrogens is 394 g/mol. The van der Waals surface area contributed by atoms with E-state index in [1.807, 2.05) is 0 Å². The number of rotatable bonds is 4. The summed E-state index contributed by atoms with van der Waals surface area (Å²) in [5, 5.41) is 21.1. The molecule has 2 N–H and O–H groups in total. The number of halogens is 1. The molecule has 2 aliphatic rings. The highest BCUT2D eigenvalue weighted by Crippen LogP contribution is 2.40. The summed E-state index contributed by atoms with van der Waals surface area (Å²) in [6, 6.07) is 11.9. The zero-order valence-corrected chi connectivity index (χ0v) is 16.3. The van der Waals surface area contributed by atoms with Crippen molar-refractivity contribution in [1.82, 2.24) is 4.90 Å². The molecule has 2 aromatic rings. The minimum Gasteiger partial charge on any atom is -0.508 e. The standard InChI is InChI=1S/C22H20ClNO5/c23-15-7-3-14(4-8-15)20(26)18-19(13-5-9-16(25)10-6-13)24(22(28)21(18)27)12-17-2-1-11-29-17/h3-10,17,19,25-26H,1-2,11-12H2/t17-,19+/m1/s1. The van der Waals surface area contributed by atoms with Gasteiger partial charge in [-0.15, -0.1) is 0 Å². The van der Waals surface area contributed by atoms with Gasteiger partial charge in [0, 0.05) is 23.7 Å². The van der Waals surface area contributed by atoms with Crippen LogP contribution in [0.2, 0.25) is 5.02 Å². The lowest BCUT2D eigenvalue weighted by Gasteiger charge is -2.27. The van der Waals surface area contributed by atoms with Gasteiger partial charge in [0.2, 0.25) is 0 Å². The number of phenols is 1. The molecule has 2 heterocycles. The molecule has 1 amide bonds. The summed E-state index contributed by atoms with van der Waals surface area (Å²) >= 11 is 5.92. The van der Waals surface area contributed by atoms with Gasteiger partial charge in [-0.1, -0.05) is 23.7 Å². The molecule has 2 saturated heterocycles. The summed E-state index contributed by atoms with van der Waals surface area (Å²) in [5.74, 6) is -1.60. The molecule has 0 unspecified atom stereocenters. The summed E-state index contributed by atoms with van der Waals surface area (Å²) in [6.45, 7) is 0.886. The van der Waals surface area contributed by atoms with Crippen molar-refractivity contribution in [1.29, 1.82) is 0 Å². The molecule has 7 heteroatoms. The van der Waals surface area contributed by atoms with Crippen molar-refractivity contribution in [3.05, 3.63) is 70.3 Å². The fourth-order valence-corrected chi connectivity index (χ4v) is 3.97. The Kier molecular flexibility index (Phi) is 5.30. The number of carbonyl (C=O) groups excluding carboxylic acids is 2.